The van der Waals surface area contributed by atoms with Gasteiger partial charge in [0.1, 0.15) is 11.0 Å². The van der Waals surface area contributed by atoms with Gasteiger partial charge in [-0.25, -0.2) is 4.98 Å². The van der Waals surface area contributed by atoms with Crippen LogP contribution in [0.1, 0.15) is 19.4 Å². The van der Waals surface area contributed by atoms with Gasteiger partial charge in [0.05, 0.1) is 12.2 Å². The predicted molar refractivity (Wildman–Crippen MR) is 68.4 cm³/mol. The molecule has 0 aliphatic carbocycles. The Balaban J connectivity index is 2.52. The molecule has 0 radical (unpaired) electrons. The Hall–Kier alpha value is -1.01. The number of alkyl halides is 3. The van der Waals surface area contributed by atoms with Crippen LogP contribution in [0.3, 0.4) is 0 Å². The van der Waals surface area contributed by atoms with Crippen LogP contribution in [0.25, 0.3) is 0 Å². The summed E-state index contributed by atoms with van der Waals surface area (Å²) in [5.41, 5.74) is -0.821. The third-order valence-electron chi connectivity index (χ3n) is 2.13. The second-order valence-corrected chi connectivity index (χ2v) is 4.84. The number of pyridine rings is 1. The zero-order chi connectivity index (χ0) is 14.5. The maximum Gasteiger partial charge on any atom is 0.416 e. The number of nitrogens with one attached hydrogen (secondary N) is 1. The standard InChI is InChI=1S/C12H16ClF3N2O/c1-8(2)7-19-4-3-17-11-6-9(12(14,15)16)5-10(13)18-11/h5-6,8H,3-4,7H2,1-2H3,(H,17,18). The van der Waals surface area contributed by atoms with Gasteiger partial charge in [-0.3, -0.25) is 0 Å². The molecule has 0 unspecified atom stereocenters. The molecule has 0 saturated heterocycles. The number of halogens is 4. The molecule has 19 heavy (non-hydrogen) atoms. The van der Waals surface area contributed by atoms with Crippen LogP contribution in [0.15, 0.2) is 12.1 Å². The fraction of sp³-hybridized carbons (Fsp3) is 0.583. The van der Waals surface area contributed by atoms with Gasteiger partial charge in [0.15, 0.2) is 0 Å². The van der Waals surface area contributed by atoms with E-state index >= 15 is 0 Å². The SMILES string of the molecule is CC(C)COCCNc1cc(C(F)(F)F)cc(Cl)n1. The number of hydrogen-bond acceptors (Lipinski definition) is 3. The van der Waals surface area contributed by atoms with Crippen LogP contribution in [0.4, 0.5) is 19.0 Å². The summed E-state index contributed by atoms with van der Waals surface area (Å²) in [5.74, 6) is 0.508. The van der Waals surface area contributed by atoms with Gasteiger partial charge in [-0.05, 0) is 18.1 Å². The fourth-order valence-electron chi connectivity index (χ4n) is 1.32. The number of anilines is 1. The highest BCUT2D eigenvalue weighted by Crippen LogP contribution is 2.31. The van der Waals surface area contributed by atoms with Gasteiger partial charge in [-0.15, -0.1) is 0 Å². The summed E-state index contributed by atoms with van der Waals surface area (Å²) < 4.78 is 42.9. The minimum atomic E-state index is -4.43. The average Bonchev–Trinajstić information content (AvgIpc) is 2.26. The van der Waals surface area contributed by atoms with Crippen LogP contribution >= 0.6 is 11.6 Å². The van der Waals surface area contributed by atoms with E-state index in [4.69, 9.17) is 16.3 Å². The largest absolute Gasteiger partial charge is 0.416 e. The first-order valence-electron chi connectivity index (χ1n) is 5.85. The Labute approximate surface area is 115 Å². The van der Waals surface area contributed by atoms with Gasteiger partial charge in [-0.1, -0.05) is 25.4 Å². The van der Waals surface area contributed by atoms with Gasteiger partial charge >= 0.3 is 6.18 Å². The van der Waals surface area contributed by atoms with Crippen LogP contribution in [0, 0.1) is 5.92 Å². The van der Waals surface area contributed by atoms with E-state index in [2.05, 4.69) is 10.3 Å². The Morgan fingerprint density at radius 1 is 1.37 bits per heavy atom. The lowest BCUT2D eigenvalue weighted by atomic mass is 10.2. The van der Waals surface area contributed by atoms with E-state index in [-0.39, 0.29) is 11.0 Å². The third-order valence-corrected chi connectivity index (χ3v) is 2.32. The molecule has 7 heteroatoms. The second-order valence-electron chi connectivity index (χ2n) is 4.46. The van der Waals surface area contributed by atoms with E-state index in [1.165, 1.54) is 0 Å². The summed E-state index contributed by atoms with van der Waals surface area (Å²) in [5, 5.41) is 2.56. The molecular formula is C12H16ClF3N2O. The molecule has 0 fully saturated rings. The lowest BCUT2D eigenvalue weighted by molar-refractivity contribution is -0.137. The van der Waals surface area contributed by atoms with Gasteiger partial charge in [0.2, 0.25) is 0 Å². The van der Waals surface area contributed by atoms with Crippen LogP contribution in [-0.4, -0.2) is 24.7 Å². The topological polar surface area (TPSA) is 34.1 Å². The molecule has 0 aromatic carbocycles. The highest BCUT2D eigenvalue weighted by Gasteiger charge is 2.31. The highest BCUT2D eigenvalue weighted by molar-refractivity contribution is 6.29. The maximum absolute atomic E-state index is 12.5. The molecule has 0 amide bonds. The third kappa shape index (κ3) is 6.11. The minimum absolute atomic E-state index is 0.0907. The predicted octanol–water partition coefficient (Wildman–Crippen LogP) is 3.84. The average molecular weight is 297 g/mol. The van der Waals surface area contributed by atoms with E-state index in [1.807, 2.05) is 13.8 Å². The second kappa shape index (κ2) is 6.96. The first kappa shape index (κ1) is 16.0. The molecule has 3 nitrogen and oxygen atoms in total. The molecule has 1 N–H and O–H groups in total. The maximum atomic E-state index is 12.5. The zero-order valence-electron chi connectivity index (χ0n) is 10.7. The molecule has 1 heterocycles. The molecule has 1 rings (SSSR count). The fourth-order valence-corrected chi connectivity index (χ4v) is 1.53. The van der Waals surface area contributed by atoms with Crippen molar-refractivity contribution >= 4 is 17.4 Å². The Bertz CT molecular complexity index is 410. The Morgan fingerprint density at radius 2 is 2.05 bits per heavy atom. The van der Waals surface area contributed by atoms with E-state index in [1.54, 1.807) is 0 Å². The Kier molecular flexibility index (Phi) is 5.87. The molecule has 0 spiro atoms. The van der Waals surface area contributed by atoms with Crippen LogP contribution < -0.4 is 5.32 Å². The summed E-state index contributed by atoms with van der Waals surface area (Å²) in [6, 6.07) is 1.72. The molecule has 1 aromatic rings. The number of ether oxygens (including phenoxy) is 1. The van der Waals surface area contributed by atoms with Crippen molar-refractivity contribution in [2.45, 2.75) is 20.0 Å². The van der Waals surface area contributed by atoms with E-state index < -0.39 is 11.7 Å². The summed E-state index contributed by atoms with van der Waals surface area (Å²) in [4.78, 5) is 3.78. The summed E-state index contributed by atoms with van der Waals surface area (Å²) in [7, 11) is 0. The van der Waals surface area contributed by atoms with Crippen molar-refractivity contribution in [1.29, 1.82) is 0 Å². The highest BCUT2D eigenvalue weighted by atomic mass is 35.5. The van der Waals surface area contributed by atoms with Crippen molar-refractivity contribution in [2.75, 3.05) is 25.1 Å². The number of nitrogens with zero attached hydrogens (tertiary/aromatic N) is 1. The van der Waals surface area contributed by atoms with E-state index in [0.717, 1.165) is 12.1 Å². The summed E-state index contributed by atoms with van der Waals surface area (Å²) in [6.45, 7) is 5.41. The lowest BCUT2D eigenvalue weighted by Crippen LogP contribution is -2.14. The van der Waals surface area contributed by atoms with Crippen molar-refractivity contribution in [2.24, 2.45) is 5.92 Å². The van der Waals surface area contributed by atoms with Crippen molar-refractivity contribution in [3.8, 4) is 0 Å². The molecule has 0 saturated carbocycles. The molecule has 0 bridgehead atoms. The van der Waals surface area contributed by atoms with E-state index in [0.29, 0.717) is 25.7 Å². The van der Waals surface area contributed by atoms with Gasteiger partial charge in [0.25, 0.3) is 0 Å². The van der Waals surface area contributed by atoms with Crippen molar-refractivity contribution < 1.29 is 17.9 Å². The molecular weight excluding hydrogens is 281 g/mol. The normalized spacial score (nSPS) is 11.9. The monoisotopic (exact) mass is 296 g/mol. The van der Waals surface area contributed by atoms with Crippen LogP contribution in [-0.2, 0) is 10.9 Å². The van der Waals surface area contributed by atoms with Crippen molar-refractivity contribution in [1.82, 2.24) is 4.98 Å². The van der Waals surface area contributed by atoms with Crippen molar-refractivity contribution in [3.05, 3.63) is 22.8 Å². The first-order chi connectivity index (χ1) is 8.79. The van der Waals surface area contributed by atoms with E-state index in [9.17, 15) is 13.2 Å². The first-order valence-corrected chi connectivity index (χ1v) is 6.23. The van der Waals surface area contributed by atoms with Gasteiger partial charge in [0, 0.05) is 13.2 Å². The lowest BCUT2D eigenvalue weighted by Gasteiger charge is -2.11. The molecule has 1 aromatic heterocycles. The van der Waals surface area contributed by atoms with Crippen LogP contribution in [0.5, 0.6) is 0 Å². The molecule has 0 aliphatic heterocycles. The number of aromatic nitrogens is 1. The quantitative estimate of drug-likeness (QED) is 0.640. The van der Waals surface area contributed by atoms with Crippen molar-refractivity contribution in [3.63, 3.8) is 0 Å². The number of hydrogen-bond donors (Lipinski definition) is 1. The van der Waals surface area contributed by atoms with Gasteiger partial charge < -0.3 is 10.1 Å². The molecule has 0 aliphatic rings. The Morgan fingerprint density at radius 3 is 2.63 bits per heavy atom. The zero-order valence-corrected chi connectivity index (χ0v) is 11.5. The van der Waals surface area contributed by atoms with Crippen LogP contribution in [0.2, 0.25) is 5.15 Å². The molecule has 0 atom stereocenters. The summed E-state index contributed by atoms with van der Waals surface area (Å²) >= 11 is 5.56. The smallest absolute Gasteiger partial charge is 0.379 e. The number of rotatable bonds is 6. The minimum Gasteiger partial charge on any atom is -0.379 e. The molecule has 108 valence electrons. The summed E-state index contributed by atoms with van der Waals surface area (Å²) in [6.07, 6.45) is -4.43. The van der Waals surface area contributed by atoms with Gasteiger partial charge in [-0.2, -0.15) is 13.2 Å².